The fourth-order valence-electron chi connectivity index (χ4n) is 1.13. The topological polar surface area (TPSA) is 32.6 Å². The number of alkyl halides is 1. The molecule has 4 heteroatoms. The van der Waals surface area contributed by atoms with E-state index in [1.807, 2.05) is 0 Å². The molecule has 62 valence electrons. The molecule has 0 fully saturated rings. The summed E-state index contributed by atoms with van der Waals surface area (Å²) in [5, 5.41) is 9.73. The van der Waals surface area contributed by atoms with Gasteiger partial charge >= 0.3 is 0 Å². The first-order chi connectivity index (χ1) is 5.57. The highest BCUT2D eigenvalue weighted by Crippen LogP contribution is 2.15. The molecular weight excluding hydrogens is 197 g/mol. The van der Waals surface area contributed by atoms with Crippen LogP contribution in [-0.2, 0) is 0 Å². The van der Waals surface area contributed by atoms with Gasteiger partial charge in [0.15, 0.2) is 0 Å². The molecule has 1 aromatic rings. The van der Waals surface area contributed by atoms with Crippen LogP contribution in [0.1, 0.15) is 0 Å². The third kappa shape index (κ3) is 1.33. The molecule has 0 radical (unpaired) electrons. The fourth-order valence-corrected chi connectivity index (χ4v) is 1.51. The van der Waals surface area contributed by atoms with Crippen molar-refractivity contribution in [3.8, 4) is 0 Å². The van der Waals surface area contributed by atoms with Crippen molar-refractivity contribution in [2.75, 3.05) is 0 Å². The summed E-state index contributed by atoms with van der Waals surface area (Å²) in [4.78, 5) is 3.83. The average Bonchev–Trinajstić information content (AvgIpc) is 2.21. The molecule has 1 unspecified atom stereocenters. The van der Waals surface area contributed by atoms with Gasteiger partial charge in [0, 0.05) is 10.2 Å². The summed E-state index contributed by atoms with van der Waals surface area (Å²) in [5.41, 5.74) is 0. The number of hydrogen-bond acceptors (Lipinski definition) is 2. The van der Waals surface area contributed by atoms with Crippen LogP contribution in [-0.4, -0.2) is 10.3 Å². The second-order valence-electron chi connectivity index (χ2n) is 2.60. The Morgan fingerprint density at radius 2 is 2.17 bits per heavy atom. The Morgan fingerprint density at radius 3 is 2.92 bits per heavy atom. The minimum atomic E-state index is -1.59. The van der Waals surface area contributed by atoms with Crippen molar-refractivity contribution in [3.63, 3.8) is 0 Å². The van der Waals surface area contributed by atoms with E-state index in [-0.39, 0.29) is 0 Å². The highest BCUT2D eigenvalue weighted by Gasteiger charge is 2.21. The Hall–Kier alpha value is -0.570. The molecule has 0 spiro atoms. The molecule has 0 amide bonds. The average molecular weight is 202 g/mol. The highest BCUT2D eigenvalue weighted by atomic mass is 35.5. The number of fused-ring (bicyclic) bond motifs is 1. The van der Waals surface area contributed by atoms with Crippen molar-refractivity contribution in [2.24, 2.45) is 4.99 Å². The molecule has 1 aromatic carbocycles. The van der Waals surface area contributed by atoms with E-state index in [1.165, 1.54) is 6.08 Å². The number of halogens is 2. The van der Waals surface area contributed by atoms with Crippen LogP contribution in [0.4, 0.5) is 0 Å². The van der Waals surface area contributed by atoms with Crippen LogP contribution in [0.5, 0.6) is 0 Å². The molecule has 1 aliphatic heterocycles. The lowest BCUT2D eigenvalue weighted by Crippen LogP contribution is -2.20. The maximum Gasteiger partial charge on any atom is 0.255 e. The van der Waals surface area contributed by atoms with Gasteiger partial charge in [-0.3, -0.25) is 0 Å². The van der Waals surface area contributed by atoms with Gasteiger partial charge in [0.05, 0.1) is 5.36 Å². The van der Waals surface area contributed by atoms with Gasteiger partial charge in [-0.15, -0.1) is 0 Å². The van der Waals surface area contributed by atoms with Crippen LogP contribution in [0.3, 0.4) is 0 Å². The number of rotatable bonds is 0. The second-order valence-corrected chi connectivity index (χ2v) is 3.59. The Labute approximate surface area is 78.8 Å². The Morgan fingerprint density at radius 1 is 1.42 bits per heavy atom. The third-order valence-electron chi connectivity index (χ3n) is 1.61. The molecule has 1 N–H and O–H groups in total. The van der Waals surface area contributed by atoms with Crippen molar-refractivity contribution in [1.29, 1.82) is 0 Å². The molecule has 2 rings (SSSR count). The molecule has 0 saturated heterocycles. The molecular formula is C8H5Cl2NO. The zero-order valence-electron chi connectivity index (χ0n) is 5.96. The molecule has 0 aromatic heterocycles. The van der Waals surface area contributed by atoms with Gasteiger partial charge in [0.2, 0.25) is 0 Å². The van der Waals surface area contributed by atoms with E-state index in [4.69, 9.17) is 23.2 Å². The lowest BCUT2D eigenvalue weighted by Gasteiger charge is -2.03. The van der Waals surface area contributed by atoms with E-state index < -0.39 is 5.18 Å². The number of aliphatic hydroxyl groups is 1. The first-order valence-electron chi connectivity index (χ1n) is 3.36. The van der Waals surface area contributed by atoms with E-state index in [0.29, 0.717) is 10.4 Å². The Kier molecular flexibility index (Phi) is 1.65. The van der Waals surface area contributed by atoms with Gasteiger partial charge in [-0.05, 0) is 18.2 Å². The molecule has 1 heterocycles. The van der Waals surface area contributed by atoms with Crippen LogP contribution < -0.4 is 10.6 Å². The van der Waals surface area contributed by atoms with E-state index in [9.17, 15) is 5.11 Å². The van der Waals surface area contributed by atoms with Crippen molar-refractivity contribution in [1.82, 2.24) is 0 Å². The van der Waals surface area contributed by atoms with Crippen LogP contribution >= 0.6 is 23.2 Å². The lowest BCUT2D eigenvalue weighted by molar-refractivity contribution is 0.205. The predicted octanol–water partition coefficient (Wildman–Crippen LogP) is 0.639. The Balaban J connectivity index is 2.78. The summed E-state index contributed by atoms with van der Waals surface area (Å²) in [6.45, 7) is 0. The molecule has 0 bridgehead atoms. The van der Waals surface area contributed by atoms with Crippen LogP contribution in [0, 0.1) is 0 Å². The molecule has 1 atom stereocenters. The summed E-state index contributed by atoms with van der Waals surface area (Å²) < 4.78 is 0. The van der Waals surface area contributed by atoms with E-state index >= 15 is 0 Å². The van der Waals surface area contributed by atoms with Crippen molar-refractivity contribution in [2.45, 2.75) is 5.18 Å². The van der Waals surface area contributed by atoms with Gasteiger partial charge < -0.3 is 5.11 Å². The molecule has 2 nitrogen and oxygen atoms in total. The zero-order valence-corrected chi connectivity index (χ0v) is 7.47. The van der Waals surface area contributed by atoms with Gasteiger partial charge in [-0.2, -0.15) is 0 Å². The maximum absolute atomic E-state index is 9.31. The van der Waals surface area contributed by atoms with Crippen molar-refractivity contribution >= 4 is 29.3 Å². The minimum absolute atomic E-state index is 0.584. The van der Waals surface area contributed by atoms with E-state index in [2.05, 4.69) is 4.99 Å². The maximum atomic E-state index is 9.31. The quantitative estimate of drug-likeness (QED) is 0.486. The fraction of sp³-hybridized carbons (Fsp3) is 0.125. The zero-order chi connectivity index (χ0) is 8.77. The Bertz CT molecular complexity index is 439. The van der Waals surface area contributed by atoms with Crippen molar-refractivity contribution in [3.05, 3.63) is 33.8 Å². The molecule has 12 heavy (non-hydrogen) atoms. The number of benzene rings is 1. The van der Waals surface area contributed by atoms with Gasteiger partial charge in [-0.1, -0.05) is 29.3 Å². The summed E-state index contributed by atoms with van der Waals surface area (Å²) >= 11 is 11.3. The molecule has 0 aliphatic carbocycles. The van der Waals surface area contributed by atoms with Gasteiger partial charge in [0.1, 0.15) is 0 Å². The van der Waals surface area contributed by atoms with Crippen LogP contribution in [0.25, 0.3) is 6.08 Å². The number of hydrogen-bond donors (Lipinski definition) is 1. The summed E-state index contributed by atoms with van der Waals surface area (Å²) in [6.07, 6.45) is 1.47. The SMILES string of the molecule is OC1(Cl)C=c2ccc(Cl)cc2=N1. The van der Waals surface area contributed by atoms with Crippen molar-refractivity contribution < 1.29 is 5.11 Å². The largest absolute Gasteiger partial charge is 0.354 e. The summed E-state index contributed by atoms with van der Waals surface area (Å²) in [5.74, 6) is 0. The third-order valence-corrected chi connectivity index (χ3v) is 2.04. The van der Waals surface area contributed by atoms with Crippen LogP contribution in [0.2, 0.25) is 5.02 Å². The first-order valence-corrected chi connectivity index (χ1v) is 4.12. The monoisotopic (exact) mass is 201 g/mol. The summed E-state index contributed by atoms with van der Waals surface area (Å²) in [7, 11) is 0. The van der Waals surface area contributed by atoms with Gasteiger partial charge in [-0.25, -0.2) is 4.99 Å². The highest BCUT2D eigenvalue weighted by molar-refractivity contribution is 6.30. The smallest absolute Gasteiger partial charge is 0.255 e. The first kappa shape index (κ1) is 8.05. The molecule has 1 aliphatic rings. The standard InChI is InChI=1S/C8H5Cl2NO/c9-6-2-1-5-4-8(10,12)11-7(5)3-6/h1-4,12H. The van der Waals surface area contributed by atoms with E-state index in [1.54, 1.807) is 18.2 Å². The normalized spacial score (nSPS) is 25.9. The number of nitrogens with zero attached hydrogens (tertiary/aromatic N) is 1. The predicted molar refractivity (Wildman–Crippen MR) is 47.5 cm³/mol. The lowest BCUT2D eigenvalue weighted by atomic mass is 10.3. The van der Waals surface area contributed by atoms with Gasteiger partial charge in [0.25, 0.3) is 5.18 Å². The van der Waals surface area contributed by atoms with E-state index in [0.717, 1.165) is 5.22 Å². The second kappa shape index (κ2) is 2.46. The summed E-state index contributed by atoms with van der Waals surface area (Å²) in [6, 6.07) is 5.15. The minimum Gasteiger partial charge on any atom is -0.354 e. The molecule has 0 saturated carbocycles. The van der Waals surface area contributed by atoms with Crippen LogP contribution in [0.15, 0.2) is 23.2 Å².